The number of amides is 1. The minimum atomic E-state index is -0.0437. The fourth-order valence-corrected chi connectivity index (χ4v) is 3.95. The number of hydrogen-bond acceptors (Lipinski definition) is 5. The van der Waals surface area contributed by atoms with Gasteiger partial charge in [0.05, 0.1) is 12.5 Å². The molecule has 0 saturated carbocycles. The molecule has 156 valence electrons. The van der Waals surface area contributed by atoms with Gasteiger partial charge < -0.3 is 9.84 Å². The first-order valence-corrected chi connectivity index (χ1v) is 10.5. The molecule has 6 heteroatoms. The molecule has 6 nitrogen and oxygen atoms in total. The Balaban J connectivity index is 1.38. The Labute approximate surface area is 177 Å². The molecule has 1 aliphatic heterocycles. The van der Waals surface area contributed by atoms with Gasteiger partial charge in [0.25, 0.3) is 0 Å². The molecule has 1 atom stereocenters. The lowest BCUT2D eigenvalue weighted by atomic mass is 9.96. The maximum absolute atomic E-state index is 12.9. The lowest BCUT2D eigenvalue weighted by Gasteiger charge is -2.31. The fraction of sp³-hybridized carbons (Fsp3) is 0.375. The number of hydrogen-bond donors (Lipinski definition) is 1. The zero-order chi connectivity index (χ0) is 21.1. The second-order valence-electron chi connectivity index (χ2n) is 8.19. The molecule has 2 aromatic carbocycles. The Morgan fingerprint density at radius 2 is 2.03 bits per heavy atom. The van der Waals surface area contributed by atoms with Crippen molar-refractivity contribution in [1.29, 1.82) is 0 Å². The molecule has 1 saturated heterocycles. The minimum absolute atomic E-state index is 0.0437. The van der Waals surface area contributed by atoms with E-state index in [1.807, 2.05) is 50.2 Å². The molecular weight excluding hydrogens is 376 g/mol. The molecular formula is C24H28N4O2. The van der Waals surface area contributed by atoms with Gasteiger partial charge in [-0.15, -0.1) is 0 Å². The zero-order valence-electron chi connectivity index (χ0n) is 17.8. The number of rotatable bonds is 5. The normalized spacial score (nSPS) is 17.1. The zero-order valence-corrected chi connectivity index (χ0v) is 17.8. The average Bonchev–Trinajstić information content (AvgIpc) is 3.20. The maximum atomic E-state index is 12.9. The highest BCUT2D eigenvalue weighted by Crippen LogP contribution is 2.24. The summed E-state index contributed by atoms with van der Waals surface area (Å²) in [4.78, 5) is 19.6. The van der Waals surface area contributed by atoms with E-state index in [9.17, 15) is 4.79 Å². The highest BCUT2D eigenvalue weighted by atomic mass is 16.5. The van der Waals surface area contributed by atoms with Crippen LogP contribution in [0.1, 0.15) is 35.4 Å². The van der Waals surface area contributed by atoms with Gasteiger partial charge in [-0.25, -0.2) is 0 Å². The number of likely N-dealkylation sites (tertiary alicyclic amines) is 1. The summed E-state index contributed by atoms with van der Waals surface area (Å²) in [5.41, 5.74) is 5.31. The first-order valence-electron chi connectivity index (χ1n) is 10.5. The monoisotopic (exact) mass is 404 g/mol. The van der Waals surface area contributed by atoms with Crippen molar-refractivity contribution in [1.82, 2.24) is 15.0 Å². The highest BCUT2D eigenvalue weighted by molar-refractivity contribution is 5.93. The van der Waals surface area contributed by atoms with E-state index < -0.39 is 0 Å². The summed E-state index contributed by atoms with van der Waals surface area (Å²) >= 11 is 0. The smallest absolute Gasteiger partial charge is 0.241 e. The average molecular weight is 405 g/mol. The van der Waals surface area contributed by atoms with E-state index in [1.54, 1.807) is 0 Å². The van der Waals surface area contributed by atoms with Crippen molar-refractivity contribution in [2.75, 3.05) is 18.4 Å². The number of nitrogens with one attached hydrogen (secondary N) is 1. The SMILES string of the molecule is Cc1cccc(-c2noc(CN3CCCC(C(=O)Nc4cccc(C)c4C)C3)n2)c1. The van der Waals surface area contributed by atoms with Crippen LogP contribution in [0.3, 0.4) is 0 Å². The fourth-order valence-electron chi connectivity index (χ4n) is 3.95. The van der Waals surface area contributed by atoms with Gasteiger partial charge in [-0.2, -0.15) is 4.98 Å². The molecule has 1 aromatic heterocycles. The summed E-state index contributed by atoms with van der Waals surface area (Å²) in [6, 6.07) is 14.1. The van der Waals surface area contributed by atoms with Crippen LogP contribution in [0.25, 0.3) is 11.4 Å². The quantitative estimate of drug-likeness (QED) is 0.677. The van der Waals surface area contributed by atoms with E-state index >= 15 is 0 Å². The summed E-state index contributed by atoms with van der Waals surface area (Å²) in [6.45, 7) is 8.32. The molecule has 1 aliphatic rings. The summed E-state index contributed by atoms with van der Waals surface area (Å²) in [7, 11) is 0. The van der Waals surface area contributed by atoms with Crippen LogP contribution in [0.5, 0.6) is 0 Å². The lowest BCUT2D eigenvalue weighted by molar-refractivity contribution is -0.121. The molecule has 2 heterocycles. The van der Waals surface area contributed by atoms with Crippen molar-refractivity contribution in [2.24, 2.45) is 5.92 Å². The van der Waals surface area contributed by atoms with E-state index in [-0.39, 0.29) is 11.8 Å². The summed E-state index contributed by atoms with van der Waals surface area (Å²) in [5, 5.41) is 7.25. The van der Waals surface area contributed by atoms with Gasteiger partial charge in [-0.05, 0) is 63.4 Å². The van der Waals surface area contributed by atoms with Crippen molar-refractivity contribution in [3.8, 4) is 11.4 Å². The second kappa shape index (κ2) is 8.79. The Hall–Kier alpha value is -2.99. The number of nitrogens with zero attached hydrogens (tertiary/aromatic N) is 3. The number of carbonyl (C=O) groups excluding carboxylic acids is 1. The molecule has 30 heavy (non-hydrogen) atoms. The van der Waals surface area contributed by atoms with Gasteiger partial charge in [0.1, 0.15) is 0 Å². The van der Waals surface area contributed by atoms with E-state index in [2.05, 4.69) is 33.3 Å². The Morgan fingerprint density at radius 1 is 1.20 bits per heavy atom. The number of carbonyl (C=O) groups is 1. The summed E-state index contributed by atoms with van der Waals surface area (Å²) in [6.07, 6.45) is 1.87. The van der Waals surface area contributed by atoms with Crippen LogP contribution in [0.2, 0.25) is 0 Å². The predicted molar refractivity (Wildman–Crippen MR) is 117 cm³/mol. The maximum Gasteiger partial charge on any atom is 0.241 e. The third-order valence-electron chi connectivity index (χ3n) is 5.84. The van der Waals surface area contributed by atoms with Crippen molar-refractivity contribution in [3.63, 3.8) is 0 Å². The van der Waals surface area contributed by atoms with Crippen LogP contribution >= 0.6 is 0 Å². The third kappa shape index (κ3) is 4.60. The number of aryl methyl sites for hydroxylation is 2. The highest BCUT2D eigenvalue weighted by Gasteiger charge is 2.27. The Morgan fingerprint density at radius 3 is 2.87 bits per heavy atom. The van der Waals surface area contributed by atoms with E-state index in [0.29, 0.717) is 24.8 Å². The second-order valence-corrected chi connectivity index (χ2v) is 8.19. The number of anilines is 1. The molecule has 1 N–H and O–H groups in total. The number of piperidine rings is 1. The Bertz CT molecular complexity index is 1040. The van der Waals surface area contributed by atoms with Crippen molar-refractivity contribution < 1.29 is 9.32 Å². The van der Waals surface area contributed by atoms with Gasteiger partial charge in [0.15, 0.2) is 0 Å². The van der Waals surface area contributed by atoms with E-state index in [4.69, 9.17) is 4.52 Å². The molecule has 1 unspecified atom stereocenters. The van der Waals surface area contributed by atoms with Gasteiger partial charge in [0.2, 0.25) is 17.6 Å². The third-order valence-corrected chi connectivity index (χ3v) is 5.84. The summed E-state index contributed by atoms with van der Waals surface area (Å²) < 4.78 is 5.48. The molecule has 0 aliphatic carbocycles. The minimum Gasteiger partial charge on any atom is -0.338 e. The number of benzene rings is 2. The topological polar surface area (TPSA) is 71.3 Å². The van der Waals surface area contributed by atoms with Crippen LogP contribution in [-0.2, 0) is 11.3 Å². The van der Waals surface area contributed by atoms with Gasteiger partial charge in [-0.1, -0.05) is 41.1 Å². The lowest BCUT2D eigenvalue weighted by Crippen LogP contribution is -2.40. The summed E-state index contributed by atoms with van der Waals surface area (Å²) in [5.74, 6) is 1.23. The largest absolute Gasteiger partial charge is 0.338 e. The molecule has 1 amide bonds. The molecule has 0 spiro atoms. The molecule has 0 bridgehead atoms. The Kier molecular flexibility index (Phi) is 5.95. The van der Waals surface area contributed by atoms with Crippen LogP contribution in [-0.4, -0.2) is 34.0 Å². The van der Waals surface area contributed by atoms with Crippen molar-refractivity contribution in [3.05, 3.63) is 65.0 Å². The molecule has 0 radical (unpaired) electrons. The first kappa shape index (κ1) is 20.3. The van der Waals surface area contributed by atoms with Crippen LogP contribution in [0.4, 0.5) is 5.69 Å². The van der Waals surface area contributed by atoms with Crippen LogP contribution < -0.4 is 5.32 Å². The van der Waals surface area contributed by atoms with Gasteiger partial charge in [0, 0.05) is 17.8 Å². The molecule has 4 rings (SSSR count). The van der Waals surface area contributed by atoms with Crippen molar-refractivity contribution >= 4 is 11.6 Å². The number of aromatic nitrogens is 2. The standard InChI is InChI=1S/C24H28N4O2/c1-16-7-4-9-19(13-16)23-26-22(30-27-23)15-28-12-6-10-20(14-28)24(29)25-21-11-5-8-17(2)18(21)3/h4-5,7-9,11,13,20H,6,10,12,14-15H2,1-3H3,(H,25,29). The van der Waals surface area contributed by atoms with Crippen LogP contribution in [0, 0.1) is 26.7 Å². The van der Waals surface area contributed by atoms with E-state index in [1.165, 1.54) is 5.56 Å². The van der Waals surface area contributed by atoms with E-state index in [0.717, 1.165) is 41.8 Å². The molecule has 3 aromatic rings. The predicted octanol–water partition coefficient (Wildman–Crippen LogP) is 4.51. The van der Waals surface area contributed by atoms with Crippen molar-refractivity contribution in [2.45, 2.75) is 40.2 Å². The molecule has 1 fully saturated rings. The first-order chi connectivity index (χ1) is 14.5. The van der Waals surface area contributed by atoms with Crippen LogP contribution in [0.15, 0.2) is 47.0 Å². The van der Waals surface area contributed by atoms with Gasteiger partial charge in [-0.3, -0.25) is 9.69 Å². The van der Waals surface area contributed by atoms with Gasteiger partial charge >= 0.3 is 0 Å².